The standard InChI is InChI=1S/C14H19F3N2O2S.ClH/c1-10(11-3-2-8-18-9-11)19-22(20,21)13-6-4-12(5-7-13)14(15,16)17;/h4-7,10-11,18-19H,2-3,8-9H2,1H3;1H. The maximum absolute atomic E-state index is 12.5. The molecule has 0 saturated carbocycles. The van der Waals surface area contributed by atoms with Crippen molar-refractivity contribution in [1.82, 2.24) is 10.0 Å². The first-order valence-corrected chi connectivity index (χ1v) is 8.59. The van der Waals surface area contributed by atoms with Gasteiger partial charge in [-0.2, -0.15) is 13.2 Å². The predicted octanol–water partition coefficient (Wildman–Crippen LogP) is 2.79. The van der Waals surface area contributed by atoms with Crippen LogP contribution in [0.4, 0.5) is 13.2 Å². The van der Waals surface area contributed by atoms with E-state index in [1.165, 1.54) is 0 Å². The summed E-state index contributed by atoms with van der Waals surface area (Å²) in [6, 6.07) is 3.25. The highest BCUT2D eigenvalue weighted by molar-refractivity contribution is 7.89. The lowest BCUT2D eigenvalue weighted by molar-refractivity contribution is -0.137. The van der Waals surface area contributed by atoms with Crippen molar-refractivity contribution in [2.24, 2.45) is 5.92 Å². The van der Waals surface area contributed by atoms with Gasteiger partial charge in [0, 0.05) is 6.04 Å². The second-order valence-corrected chi connectivity index (χ2v) is 7.25. The molecule has 1 fully saturated rings. The maximum Gasteiger partial charge on any atom is 0.416 e. The van der Waals surface area contributed by atoms with E-state index in [-0.39, 0.29) is 29.3 Å². The molecule has 132 valence electrons. The Morgan fingerprint density at radius 3 is 2.35 bits per heavy atom. The van der Waals surface area contributed by atoms with Gasteiger partial charge in [-0.25, -0.2) is 13.1 Å². The van der Waals surface area contributed by atoms with Gasteiger partial charge in [-0.3, -0.25) is 0 Å². The van der Waals surface area contributed by atoms with Crippen LogP contribution < -0.4 is 10.0 Å². The van der Waals surface area contributed by atoms with Gasteiger partial charge in [-0.15, -0.1) is 12.4 Å². The van der Waals surface area contributed by atoms with Gasteiger partial charge in [-0.1, -0.05) is 0 Å². The zero-order valence-electron chi connectivity index (χ0n) is 12.6. The van der Waals surface area contributed by atoms with Gasteiger partial charge in [0.05, 0.1) is 10.5 Å². The predicted molar refractivity (Wildman–Crippen MR) is 84.1 cm³/mol. The number of piperidine rings is 1. The number of hydrogen-bond donors (Lipinski definition) is 2. The zero-order chi connectivity index (χ0) is 16.4. The van der Waals surface area contributed by atoms with Crippen molar-refractivity contribution in [3.8, 4) is 0 Å². The van der Waals surface area contributed by atoms with Gasteiger partial charge in [-0.05, 0) is 63.0 Å². The first-order chi connectivity index (χ1) is 10.2. The van der Waals surface area contributed by atoms with Crippen LogP contribution in [0.15, 0.2) is 29.2 Å². The normalized spacial score (nSPS) is 20.6. The van der Waals surface area contributed by atoms with Crippen molar-refractivity contribution < 1.29 is 21.6 Å². The highest BCUT2D eigenvalue weighted by Gasteiger charge is 2.31. The van der Waals surface area contributed by atoms with E-state index in [1.807, 2.05) is 0 Å². The number of benzene rings is 1. The van der Waals surface area contributed by atoms with Crippen molar-refractivity contribution in [3.05, 3.63) is 29.8 Å². The van der Waals surface area contributed by atoms with Crippen LogP contribution in [0.1, 0.15) is 25.3 Å². The molecule has 1 aliphatic rings. The van der Waals surface area contributed by atoms with Crippen LogP contribution in [0, 0.1) is 5.92 Å². The fraction of sp³-hybridized carbons (Fsp3) is 0.571. The molecule has 9 heteroatoms. The van der Waals surface area contributed by atoms with Gasteiger partial charge in [0.2, 0.25) is 10.0 Å². The van der Waals surface area contributed by atoms with Gasteiger partial charge in [0.1, 0.15) is 0 Å². The summed E-state index contributed by atoms with van der Waals surface area (Å²) < 4.78 is 64.5. The molecule has 23 heavy (non-hydrogen) atoms. The monoisotopic (exact) mass is 372 g/mol. The SMILES string of the molecule is CC(NS(=O)(=O)c1ccc(C(F)(F)F)cc1)C1CCCNC1.Cl. The summed E-state index contributed by atoms with van der Waals surface area (Å²) >= 11 is 0. The third-order valence-electron chi connectivity index (χ3n) is 3.88. The van der Waals surface area contributed by atoms with E-state index >= 15 is 0 Å². The maximum atomic E-state index is 12.5. The second kappa shape index (κ2) is 7.83. The minimum atomic E-state index is -4.48. The molecule has 1 aromatic carbocycles. The van der Waals surface area contributed by atoms with Crippen LogP contribution in [0.5, 0.6) is 0 Å². The summed E-state index contributed by atoms with van der Waals surface area (Å²) in [6.07, 6.45) is -2.57. The van der Waals surface area contributed by atoms with E-state index in [0.717, 1.165) is 50.2 Å². The highest BCUT2D eigenvalue weighted by atomic mass is 35.5. The first kappa shape index (κ1) is 20.2. The molecule has 0 radical (unpaired) electrons. The summed E-state index contributed by atoms with van der Waals surface area (Å²) in [5, 5.41) is 3.21. The Balaban J connectivity index is 0.00000264. The van der Waals surface area contributed by atoms with E-state index in [4.69, 9.17) is 0 Å². The Morgan fingerprint density at radius 1 is 1.26 bits per heavy atom. The van der Waals surface area contributed by atoms with Gasteiger partial charge >= 0.3 is 6.18 Å². The quantitative estimate of drug-likeness (QED) is 0.854. The van der Waals surface area contributed by atoms with Crippen molar-refractivity contribution in [2.45, 2.75) is 36.9 Å². The lowest BCUT2D eigenvalue weighted by atomic mass is 9.94. The molecular weight excluding hydrogens is 353 g/mol. The molecule has 2 unspecified atom stereocenters. The zero-order valence-corrected chi connectivity index (χ0v) is 14.2. The van der Waals surface area contributed by atoms with E-state index in [0.29, 0.717) is 0 Å². The molecule has 2 rings (SSSR count). The summed E-state index contributed by atoms with van der Waals surface area (Å²) in [5.41, 5.74) is -0.865. The minimum absolute atomic E-state index is 0. The molecule has 0 aromatic heterocycles. The molecule has 1 aromatic rings. The van der Waals surface area contributed by atoms with Crippen molar-refractivity contribution >= 4 is 22.4 Å². The molecule has 2 N–H and O–H groups in total. The van der Waals surface area contributed by atoms with Gasteiger partial charge in [0.15, 0.2) is 0 Å². The molecule has 2 atom stereocenters. The first-order valence-electron chi connectivity index (χ1n) is 7.10. The van der Waals surface area contributed by atoms with Gasteiger partial charge in [0.25, 0.3) is 0 Å². The van der Waals surface area contributed by atoms with Crippen LogP contribution >= 0.6 is 12.4 Å². The van der Waals surface area contributed by atoms with E-state index in [1.54, 1.807) is 6.92 Å². The average molecular weight is 373 g/mol. The van der Waals surface area contributed by atoms with Crippen molar-refractivity contribution in [3.63, 3.8) is 0 Å². The van der Waals surface area contributed by atoms with Crippen LogP contribution in [-0.4, -0.2) is 27.5 Å². The Bertz CT molecular complexity index is 599. The lowest BCUT2D eigenvalue weighted by Crippen LogP contribution is -2.44. The van der Waals surface area contributed by atoms with Crippen LogP contribution in [-0.2, 0) is 16.2 Å². The molecule has 0 bridgehead atoms. The summed E-state index contributed by atoms with van der Waals surface area (Å²) in [6.45, 7) is 3.44. The van der Waals surface area contributed by atoms with E-state index < -0.39 is 21.8 Å². The van der Waals surface area contributed by atoms with Crippen molar-refractivity contribution in [1.29, 1.82) is 0 Å². The molecule has 0 amide bonds. The minimum Gasteiger partial charge on any atom is -0.316 e. The molecule has 1 saturated heterocycles. The number of rotatable bonds is 4. The number of nitrogens with one attached hydrogen (secondary N) is 2. The summed E-state index contributed by atoms with van der Waals surface area (Å²) in [7, 11) is -3.82. The Hall–Kier alpha value is -0.830. The van der Waals surface area contributed by atoms with E-state index in [2.05, 4.69) is 10.0 Å². The highest BCUT2D eigenvalue weighted by Crippen LogP contribution is 2.29. The molecular formula is C14H20ClF3N2O2S. The third-order valence-corrected chi connectivity index (χ3v) is 5.45. The topological polar surface area (TPSA) is 58.2 Å². The molecule has 1 aliphatic heterocycles. The van der Waals surface area contributed by atoms with Crippen molar-refractivity contribution in [2.75, 3.05) is 13.1 Å². The third kappa shape index (κ3) is 5.34. The number of sulfonamides is 1. The van der Waals surface area contributed by atoms with E-state index in [9.17, 15) is 21.6 Å². The largest absolute Gasteiger partial charge is 0.416 e. The Labute approximate surface area is 140 Å². The van der Waals surface area contributed by atoms with Crippen LogP contribution in [0.2, 0.25) is 0 Å². The average Bonchev–Trinajstić information content (AvgIpc) is 2.47. The number of hydrogen-bond acceptors (Lipinski definition) is 3. The summed E-state index contributed by atoms with van der Waals surface area (Å²) in [4.78, 5) is -0.156. The molecule has 0 aliphatic carbocycles. The van der Waals surface area contributed by atoms with Crippen LogP contribution in [0.25, 0.3) is 0 Å². The van der Waals surface area contributed by atoms with Crippen LogP contribution in [0.3, 0.4) is 0 Å². The molecule has 0 spiro atoms. The Kier molecular flexibility index (Phi) is 6.88. The fourth-order valence-corrected chi connectivity index (χ4v) is 3.85. The fourth-order valence-electron chi connectivity index (χ4n) is 2.54. The summed E-state index contributed by atoms with van der Waals surface area (Å²) in [5.74, 6) is 0.179. The lowest BCUT2D eigenvalue weighted by Gasteiger charge is -2.28. The number of halogens is 4. The smallest absolute Gasteiger partial charge is 0.316 e. The van der Waals surface area contributed by atoms with Gasteiger partial charge < -0.3 is 5.32 Å². The number of alkyl halides is 3. The second-order valence-electron chi connectivity index (χ2n) is 5.54. The molecule has 1 heterocycles. The Morgan fingerprint density at radius 2 is 1.87 bits per heavy atom. The molecule has 4 nitrogen and oxygen atoms in total.